The van der Waals surface area contributed by atoms with Crippen LogP contribution in [0.15, 0.2) is 83.4 Å². The first kappa shape index (κ1) is 24.9. The fourth-order valence-corrected chi connectivity index (χ4v) is 5.41. The fourth-order valence-electron chi connectivity index (χ4n) is 3.72. The molecule has 0 unspecified atom stereocenters. The van der Waals surface area contributed by atoms with Crippen molar-refractivity contribution in [3.63, 3.8) is 0 Å². The van der Waals surface area contributed by atoms with Gasteiger partial charge in [0.15, 0.2) is 0 Å². The summed E-state index contributed by atoms with van der Waals surface area (Å²) < 4.78 is 0. The van der Waals surface area contributed by atoms with Crippen LogP contribution >= 0.6 is 35.0 Å². The molecule has 35 heavy (non-hydrogen) atoms. The van der Waals surface area contributed by atoms with E-state index >= 15 is 0 Å². The monoisotopic (exact) mass is 521 g/mol. The van der Waals surface area contributed by atoms with Crippen LogP contribution in [0.4, 0.5) is 11.4 Å². The lowest BCUT2D eigenvalue weighted by atomic mass is 10.1. The third kappa shape index (κ3) is 5.38. The molecule has 0 bridgehead atoms. The van der Waals surface area contributed by atoms with E-state index in [-0.39, 0.29) is 16.5 Å². The molecular formula is C27H21Cl2N3O2S. The van der Waals surface area contributed by atoms with Crippen LogP contribution in [0.3, 0.4) is 0 Å². The standard InChI is InChI=1S/C27H21Cl2N3O2S/c1-2-17-11-13-19(14-12-17)31-25(33)21(16-30)27-32(20-8-4-3-5-9-20)26(34)23(35-27)15-18-7-6-10-22(28)24(18)29/h3-14,23H,2,15H2,1H3,(H,31,33)/b27-21+/t23-/m0/s1. The minimum atomic E-state index is -0.582. The number of aryl methyl sites for hydroxylation is 1. The molecule has 1 saturated heterocycles. The van der Waals surface area contributed by atoms with Gasteiger partial charge in [0.25, 0.3) is 5.91 Å². The Labute approximate surface area is 218 Å². The first-order valence-corrected chi connectivity index (χ1v) is 12.6. The number of anilines is 2. The number of carbonyl (C=O) groups is 2. The van der Waals surface area contributed by atoms with Gasteiger partial charge in [0, 0.05) is 11.4 Å². The Morgan fingerprint density at radius 3 is 2.43 bits per heavy atom. The zero-order valence-electron chi connectivity index (χ0n) is 18.8. The first-order chi connectivity index (χ1) is 16.9. The molecule has 0 aliphatic carbocycles. The third-order valence-corrected chi connectivity index (χ3v) is 7.70. The summed E-state index contributed by atoms with van der Waals surface area (Å²) in [5.74, 6) is -0.811. The second-order valence-electron chi connectivity index (χ2n) is 7.83. The van der Waals surface area contributed by atoms with Crippen molar-refractivity contribution in [1.82, 2.24) is 0 Å². The Morgan fingerprint density at radius 2 is 1.77 bits per heavy atom. The number of nitrogens with one attached hydrogen (secondary N) is 1. The Bertz CT molecular complexity index is 1330. The van der Waals surface area contributed by atoms with Gasteiger partial charge in [-0.05, 0) is 54.3 Å². The predicted molar refractivity (Wildman–Crippen MR) is 143 cm³/mol. The molecule has 0 spiro atoms. The minimum absolute atomic E-state index is 0.133. The molecule has 1 atom stereocenters. The smallest absolute Gasteiger partial charge is 0.269 e. The molecule has 5 nitrogen and oxygen atoms in total. The van der Waals surface area contributed by atoms with Crippen LogP contribution in [0, 0.1) is 11.3 Å². The number of amides is 2. The van der Waals surface area contributed by atoms with Crippen LogP contribution in [0.1, 0.15) is 18.1 Å². The first-order valence-electron chi connectivity index (χ1n) is 11.0. The number of nitrogens with zero attached hydrogens (tertiary/aromatic N) is 2. The molecule has 1 fully saturated rings. The van der Waals surface area contributed by atoms with Gasteiger partial charge in [-0.2, -0.15) is 5.26 Å². The zero-order valence-corrected chi connectivity index (χ0v) is 21.1. The molecule has 0 radical (unpaired) electrons. The number of halogens is 2. The maximum Gasteiger partial charge on any atom is 0.269 e. The molecule has 8 heteroatoms. The van der Waals surface area contributed by atoms with Crippen LogP contribution in [0.2, 0.25) is 10.0 Å². The summed E-state index contributed by atoms with van der Waals surface area (Å²) in [7, 11) is 0. The maximum absolute atomic E-state index is 13.5. The summed E-state index contributed by atoms with van der Waals surface area (Å²) in [6.45, 7) is 2.05. The highest BCUT2D eigenvalue weighted by molar-refractivity contribution is 8.05. The normalized spacial score (nSPS) is 16.7. The van der Waals surface area contributed by atoms with Gasteiger partial charge in [0.05, 0.1) is 15.3 Å². The van der Waals surface area contributed by atoms with Crippen molar-refractivity contribution >= 4 is 58.2 Å². The number of hydrogen-bond acceptors (Lipinski definition) is 4. The van der Waals surface area contributed by atoms with E-state index in [1.807, 2.05) is 37.3 Å². The molecule has 176 valence electrons. The van der Waals surface area contributed by atoms with Crippen molar-refractivity contribution in [2.24, 2.45) is 0 Å². The van der Waals surface area contributed by atoms with Crippen LogP contribution in [-0.4, -0.2) is 17.1 Å². The second-order valence-corrected chi connectivity index (χ2v) is 9.81. The van der Waals surface area contributed by atoms with E-state index in [4.69, 9.17) is 23.2 Å². The van der Waals surface area contributed by atoms with Crippen LogP contribution in [0.25, 0.3) is 0 Å². The van der Waals surface area contributed by atoms with Crippen LogP contribution < -0.4 is 10.2 Å². The van der Waals surface area contributed by atoms with Crippen LogP contribution in [0.5, 0.6) is 0 Å². The van der Waals surface area contributed by atoms with E-state index in [0.29, 0.717) is 27.8 Å². The van der Waals surface area contributed by atoms with Gasteiger partial charge in [0.1, 0.15) is 16.7 Å². The molecule has 0 saturated carbocycles. The summed E-state index contributed by atoms with van der Waals surface area (Å²) in [6.07, 6.45) is 1.18. The van der Waals surface area contributed by atoms with Crippen molar-refractivity contribution < 1.29 is 9.59 Å². The van der Waals surface area contributed by atoms with Crippen LogP contribution in [-0.2, 0) is 22.4 Å². The van der Waals surface area contributed by atoms with Gasteiger partial charge in [-0.15, -0.1) is 0 Å². The van der Waals surface area contributed by atoms with Gasteiger partial charge in [-0.3, -0.25) is 14.5 Å². The molecule has 2 amide bonds. The van der Waals surface area contributed by atoms with Crippen molar-refractivity contribution in [2.45, 2.75) is 25.0 Å². The molecule has 4 rings (SSSR count). The quantitative estimate of drug-likeness (QED) is 0.292. The molecule has 1 aliphatic rings. The molecular weight excluding hydrogens is 501 g/mol. The fraction of sp³-hybridized carbons (Fsp3) is 0.148. The summed E-state index contributed by atoms with van der Waals surface area (Å²) >= 11 is 13.7. The van der Waals surface area contributed by atoms with Gasteiger partial charge in [0.2, 0.25) is 5.91 Å². The number of rotatable bonds is 6. The minimum Gasteiger partial charge on any atom is -0.321 e. The Balaban J connectivity index is 1.70. The molecule has 1 aliphatic heterocycles. The SMILES string of the molecule is CCc1ccc(NC(=O)/C(C#N)=C2/S[C@@H](Cc3cccc(Cl)c3Cl)C(=O)N2c2ccccc2)cc1. The molecule has 3 aromatic rings. The number of thioether (sulfide) groups is 1. The molecule has 1 N–H and O–H groups in total. The predicted octanol–water partition coefficient (Wildman–Crippen LogP) is 6.62. The average Bonchev–Trinajstić information content (AvgIpc) is 3.18. The van der Waals surface area contributed by atoms with Crippen molar-refractivity contribution in [3.8, 4) is 6.07 Å². The van der Waals surface area contributed by atoms with E-state index in [9.17, 15) is 14.9 Å². The Kier molecular flexibility index (Phi) is 7.82. The van der Waals surface area contributed by atoms with Gasteiger partial charge < -0.3 is 5.32 Å². The third-order valence-electron chi connectivity index (χ3n) is 5.58. The van der Waals surface area contributed by atoms with Gasteiger partial charge in [-0.1, -0.05) is 84.4 Å². The Hall–Kier alpha value is -3.24. The highest BCUT2D eigenvalue weighted by Crippen LogP contribution is 2.43. The summed E-state index contributed by atoms with van der Waals surface area (Å²) in [5.41, 5.74) is 2.87. The van der Waals surface area contributed by atoms with E-state index in [1.54, 1.807) is 48.5 Å². The second kappa shape index (κ2) is 11.0. The van der Waals surface area contributed by atoms with E-state index < -0.39 is 11.2 Å². The summed E-state index contributed by atoms with van der Waals surface area (Å²) in [4.78, 5) is 28.1. The van der Waals surface area contributed by atoms with Crippen molar-refractivity contribution in [3.05, 3.63) is 105 Å². The number of hydrogen-bond donors (Lipinski definition) is 1. The lowest BCUT2D eigenvalue weighted by Gasteiger charge is -2.18. The molecule has 3 aromatic carbocycles. The number of nitriles is 1. The maximum atomic E-state index is 13.5. The highest BCUT2D eigenvalue weighted by atomic mass is 35.5. The highest BCUT2D eigenvalue weighted by Gasteiger charge is 2.41. The summed E-state index contributed by atoms with van der Waals surface area (Å²) in [6, 6.07) is 23.7. The lowest BCUT2D eigenvalue weighted by molar-refractivity contribution is -0.117. The zero-order chi connectivity index (χ0) is 24.9. The Morgan fingerprint density at radius 1 is 1.06 bits per heavy atom. The topological polar surface area (TPSA) is 73.2 Å². The van der Waals surface area contributed by atoms with Crippen molar-refractivity contribution in [2.75, 3.05) is 10.2 Å². The average molecular weight is 522 g/mol. The molecule has 0 aromatic heterocycles. The van der Waals surface area contributed by atoms with E-state index in [2.05, 4.69) is 5.32 Å². The molecule has 1 heterocycles. The number of benzene rings is 3. The van der Waals surface area contributed by atoms with Crippen molar-refractivity contribution in [1.29, 1.82) is 5.26 Å². The number of carbonyl (C=O) groups excluding carboxylic acids is 2. The number of para-hydroxylation sites is 1. The van der Waals surface area contributed by atoms with E-state index in [1.165, 1.54) is 16.7 Å². The summed E-state index contributed by atoms with van der Waals surface area (Å²) in [5, 5.41) is 13.2. The van der Waals surface area contributed by atoms with Gasteiger partial charge in [-0.25, -0.2) is 0 Å². The van der Waals surface area contributed by atoms with E-state index in [0.717, 1.165) is 17.5 Å². The van der Waals surface area contributed by atoms with Gasteiger partial charge >= 0.3 is 0 Å². The lowest BCUT2D eigenvalue weighted by Crippen LogP contribution is -2.31. The largest absolute Gasteiger partial charge is 0.321 e.